The van der Waals surface area contributed by atoms with Gasteiger partial charge in [-0.05, 0) is 19.8 Å². The third kappa shape index (κ3) is 6.09. The number of halogens is 6. The molecule has 2 amide bonds. The number of anilines is 2. The number of nitrogens with zero attached hydrogens (tertiary/aromatic N) is 6. The molecule has 212 valence electrons. The molecule has 2 aliphatic rings. The summed E-state index contributed by atoms with van der Waals surface area (Å²) in [5.74, 6) is 0.172. The lowest BCUT2D eigenvalue weighted by Crippen LogP contribution is -2.58. The Kier molecular flexibility index (Phi) is 7.75. The van der Waals surface area contributed by atoms with Crippen LogP contribution in [0.1, 0.15) is 30.9 Å². The zero-order chi connectivity index (χ0) is 28.5. The molecule has 10 nitrogen and oxygen atoms in total. The zero-order valence-electron chi connectivity index (χ0n) is 20.9. The topological polar surface area (TPSA) is 110 Å². The first kappa shape index (κ1) is 28.2. The number of carbonyl (C=O) groups excluding carboxylic acids is 1. The van der Waals surface area contributed by atoms with Crippen molar-refractivity contribution in [3.05, 3.63) is 52.2 Å². The molecule has 0 aliphatic carbocycles. The highest BCUT2D eigenvalue weighted by Crippen LogP contribution is 2.34. The minimum atomic E-state index is -4.86. The summed E-state index contributed by atoms with van der Waals surface area (Å²) < 4.78 is 78.4. The average molecular weight is 561 g/mol. The van der Waals surface area contributed by atoms with Gasteiger partial charge in [0.2, 0.25) is 5.95 Å². The van der Waals surface area contributed by atoms with Crippen molar-refractivity contribution in [1.82, 2.24) is 30.4 Å². The number of fused-ring (bicyclic) bond motifs is 2. The Morgan fingerprint density at radius 3 is 2.31 bits per heavy atom. The zero-order valence-corrected chi connectivity index (χ0v) is 20.9. The van der Waals surface area contributed by atoms with Crippen molar-refractivity contribution in [3.8, 4) is 0 Å². The van der Waals surface area contributed by atoms with Gasteiger partial charge in [0.15, 0.2) is 0 Å². The molecule has 3 atom stereocenters. The van der Waals surface area contributed by atoms with Crippen LogP contribution in [0.15, 0.2) is 35.5 Å². The van der Waals surface area contributed by atoms with E-state index in [-0.39, 0.29) is 36.3 Å². The molecule has 2 saturated heterocycles. The number of alkyl halides is 6. The fraction of sp³-hybridized carbons (Fsp3) is 0.522. The van der Waals surface area contributed by atoms with Crippen LogP contribution in [0.25, 0.3) is 0 Å². The van der Waals surface area contributed by atoms with E-state index >= 15 is 0 Å². The second kappa shape index (κ2) is 10.7. The third-order valence-corrected chi connectivity index (χ3v) is 6.86. The van der Waals surface area contributed by atoms with Crippen LogP contribution in [0.5, 0.6) is 0 Å². The van der Waals surface area contributed by atoms with E-state index in [0.717, 1.165) is 31.4 Å². The fourth-order valence-electron chi connectivity index (χ4n) is 4.81. The lowest BCUT2D eigenvalue weighted by atomic mass is 10.2. The predicted octanol–water partition coefficient (Wildman–Crippen LogP) is 3.04. The normalized spacial score (nSPS) is 20.4. The monoisotopic (exact) mass is 560 g/mol. The van der Waals surface area contributed by atoms with Gasteiger partial charge in [0.05, 0.1) is 29.5 Å². The van der Waals surface area contributed by atoms with Gasteiger partial charge < -0.3 is 20.0 Å². The number of amides is 2. The summed E-state index contributed by atoms with van der Waals surface area (Å²) in [5, 5.41) is 8.03. The summed E-state index contributed by atoms with van der Waals surface area (Å²) in [6.07, 6.45) is -2.34. The number of hydrogen-bond acceptors (Lipinski definition) is 7. The first-order valence-corrected chi connectivity index (χ1v) is 12.0. The van der Waals surface area contributed by atoms with Crippen molar-refractivity contribution in [3.63, 3.8) is 0 Å². The summed E-state index contributed by atoms with van der Waals surface area (Å²) >= 11 is 0. The quantitative estimate of drug-likeness (QED) is 0.413. The van der Waals surface area contributed by atoms with Crippen LogP contribution in [-0.2, 0) is 12.4 Å². The van der Waals surface area contributed by atoms with Crippen molar-refractivity contribution < 1.29 is 31.1 Å². The van der Waals surface area contributed by atoms with Crippen LogP contribution in [-0.4, -0.2) is 75.9 Å². The molecule has 0 saturated carbocycles. The second-order valence-corrected chi connectivity index (χ2v) is 9.39. The van der Waals surface area contributed by atoms with Gasteiger partial charge in [-0.1, -0.05) is 12.2 Å². The fourth-order valence-corrected chi connectivity index (χ4v) is 4.81. The third-order valence-electron chi connectivity index (χ3n) is 6.86. The average Bonchev–Trinajstić information content (AvgIpc) is 3.13. The Morgan fingerprint density at radius 1 is 1.13 bits per heavy atom. The van der Waals surface area contributed by atoms with E-state index in [1.807, 2.05) is 0 Å². The van der Waals surface area contributed by atoms with Crippen LogP contribution < -0.4 is 20.7 Å². The van der Waals surface area contributed by atoms with Crippen LogP contribution in [0.4, 0.5) is 42.8 Å². The number of carbonyl (C=O) groups is 1. The van der Waals surface area contributed by atoms with Gasteiger partial charge in [-0.2, -0.15) is 31.4 Å². The summed E-state index contributed by atoms with van der Waals surface area (Å²) in [6.45, 7) is 2.48. The Morgan fingerprint density at radius 2 is 1.74 bits per heavy atom. The highest BCUT2D eigenvalue weighted by Gasteiger charge is 2.43. The van der Waals surface area contributed by atoms with E-state index in [1.165, 1.54) is 11.9 Å². The van der Waals surface area contributed by atoms with Gasteiger partial charge in [-0.3, -0.25) is 4.79 Å². The number of piperazine rings is 1. The lowest BCUT2D eigenvalue weighted by Gasteiger charge is -2.40. The molecule has 4 heterocycles. The number of likely N-dealkylation sites (N-methyl/N-ethyl adjacent to an activating group) is 1. The molecule has 2 unspecified atom stereocenters. The van der Waals surface area contributed by atoms with Gasteiger partial charge in [0.25, 0.3) is 5.56 Å². The van der Waals surface area contributed by atoms with E-state index in [4.69, 9.17) is 0 Å². The van der Waals surface area contributed by atoms with Crippen LogP contribution in [0.2, 0.25) is 0 Å². The molecule has 4 rings (SSSR count). The minimum absolute atomic E-state index is 0.110. The largest absolute Gasteiger partial charge is 0.423 e. The van der Waals surface area contributed by atoms with Crippen molar-refractivity contribution in [1.29, 1.82) is 0 Å². The van der Waals surface area contributed by atoms with Crippen molar-refractivity contribution >= 4 is 17.7 Å². The molecule has 0 radical (unpaired) electrons. The van der Waals surface area contributed by atoms with Gasteiger partial charge >= 0.3 is 18.4 Å². The number of hydrogen-bond donors (Lipinski definition) is 2. The molecular formula is C23H26F6N8O2. The molecular weight excluding hydrogens is 534 g/mol. The lowest BCUT2D eigenvalue weighted by molar-refractivity contribution is -0.139. The Hall–Kier alpha value is -3.85. The van der Waals surface area contributed by atoms with Gasteiger partial charge in [0, 0.05) is 45.1 Å². The van der Waals surface area contributed by atoms with E-state index < -0.39 is 35.1 Å². The second-order valence-electron chi connectivity index (χ2n) is 9.39. The Balaban J connectivity index is 1.32. The minimum Gasteiger partial charge on any atom is -0.366 e. The maximum absolute atomic E-state index is 13.4. The van der Waals surface area contributed by atoms with Crippen LogP contribution >= 0.6 is 0 Å². The molecule has 2 aromatic heterocycles. The van der Waals surface area contributed by atoms with Gasteiger partial charge in [-0.25, -0.2) is 19.9 Å². The molecule has 2 N–H and O–H groups in total. The summed E-state index contributed by atoms with van der Waals surface area (Å²) in [5.41, 5.74) is -3.99. The maximum Gasteiger partial charge on any atom is 0.423 e. The number of rotatable bonds is 6. The Bertz CT molecular complexity index is 1250. The molecule has 39 heavy (non-hydrogen) atoms. The van der Waals surface area contributed by atoms with Crippen LogP contribution in [0, 0.1) is 0 Å². The highest BCUT2D eigenvalue weighted by atomic mass is 19.4. The number of aromatic nitrogens is 4. The SMILES string of the molecule is C[C@@H](/C=C/CNC(=O)N1C2CCC1CN(c1ncc(C(F)(F)F)cn1)C2)N(C)c1cn[nH]c(=O)c1C(F)(F)F. The van der Waals surface area contributed by atoms with Crippen molar-refractivity contribution in [2.75, 3.05) is 36.5 Å². The van der Waals surface area contributed by atoms with E-state index in [1.54, 1.807) is 34.0 Å². The van der Waals surface area contributed by atoms with Gasteiger partial charge in [0.1, 0.15) is 5.56 Å². The van der Waals surface area contributed by atoms with Crippen LogP contribution in [0.3, 0.4) is 0 Å². The molecule has 2 aromatic rings. The number of H-pyrrole nitrogens is 1. The predicted molar refractivity (Wildman–Crippen MR) is 128 cm³/mol. The first-order valence-electron chi connectivity index (χ1n) is 12.0. The number of aromatic amines is 1. The number of urea groups is 1. The highest BCUT2D eigenvalue weighted by molar-refractivity contribution is 5.76. The van der Waals surface area contributed by atoms with Crippen molar-refractivity contribution in [2.24, 2.45) is 0 Å². The van der Waals surface area contributed by atoms with E-state index in [2.05, 4.69) is 20.4 Å². The van der Waals surface area contributed by atoms with Gasteiger partial charge in [-0.15, -0.1) is 0 Å². The maximum atomic E-state index is 13.4. The molecule has 2 bridgehead atoms. The molecule has 0 spiro atoms. The standard InChI is InChI=1S/C23H26F6N8O2/c1-13(35(2)17-10-33-34-19(38)18(17)23(27,28)29)4-3-7-30-21(39)37-15-5-6-16(37)12-36(11-15)20-31-8-14(9-32-20)22(24,25)26/h3-4,8-10,13,15-16H,5-7,11-12H2,1-2H3,(H,30,39)(H,34,38)/b4-3+/t13-,15?,16?/m0/s1. The molecule has 0 aromatic carbocycles. The smallest absolute Gasteiger partial charge is 0.366 e. The summed E-state index contributed by atoms with van der Waals surface area (Å²) in [4.78, 5) is 37.0. The molecule has 2 aliphatic heterocycles. The number of nitrogens with one attached hydrogen (secondary N) is 2. The van der Waals surface area contributed by atoms with E-state index in [0.29, 0.717) is 13.1 Å². The summed E-state index contributed by atoms with van der Waals surface area (Å²) in [7, 11) is 1.40. The summed E-state index contributed by atoms with van der Waals surface area (Å²) in [6, 6.07) is -1.23. The van der Waals surface area contributed by atoms with E-state index in [9.17, 15) is 35.9 Å². The molecule has 2 fully saturated rings. The molecule has 16 heteroatoms. The Labute approximate surface area is 218 Å². The first-order chi connectivity index (χ1) is 18.3. The van der Waals surface area contributed by atoms with Crippen molar-refractivity contribution in [2.45, 2.75) is 50.2 Å².